The van der Waals surface area contributed by atoms with Crippen molar-refractivity contribution < 1.29 is 4.74 Å². The zero-order valence-electron chi connectivity index (χ0n) is 10.6. The standard InChI is InChI=1S/C13H25NO/c1-9(2)13-11-5-14(10(3)4)6-12(13)8-15-7-11/h9-13H,5-8H2,1-4H3. The van der Waals surface area contributed by atoms with Crippen molar-refractivity contribution in [3.63, 3.8) is 0 Å². The highest BCUT2D eigenvalue weighted by atomic mass is 16.5. The van der Waals surface area contributed by atoms with Crippen LogP contribution in [0.4, 0.5) is 0 Å². The normalized spacial score (nSPS) is 37.6. The summed E-state index contributed by atoms with van der Waals surface area (Å²) in [7, 11) is 0. The van der Waals surface area contributed by atoms with Gasteiger partial charge in [0.2, 0.25) is 0 Å². The first-order chi connectivity index (χ1) is 7.09. The Balaban J connectivity index is 2.08. The lowest BCUT2D eigenvalue weighted by Gasteiger charge is -2.50. The fraction of sp³-hybridized carbons (Fsp3) is 1.00. The molecule has 2 saturated heterocycles. The van der Waals surface area contributed by atoms with Gasteiger partial charge in [-0.15, -0.1) is 0 Å². The van der Waals surface area contributed by atoms with E-state index in [9.17, 15) is 0 Å². The van der Waals surface area contributed by atoms with Crippen LogP contribution in [0.1, 0.15) is 27.7 Å². The predicted octanol–water partition coefficient (Wildman–Crippen LogP) is 2.25. The Labute approximate surface area is 94.0 Å². The second-order valence-electron chi connectivity index (χ2n) is 5.93. The van der Waals surface area contributed by atoms with Crippen LogP contribution in [0.15, 0.2) is 0 Å². The molecular formula is C13H25NO. The summed E-state index contributed by atoms with van der Waals surface area (Å²) >= 11 is 0. The van der Waals surface area contributed by atoms with Crippen molar-refractivity contribution in [1.82, 2.24) is 4.90 Å². The van der Waals surface area contributed by atoms with E-state index in [1.54, 1.807) is 0 Å². The summed E-state index contributed by atoms with van der Waals surface area (Å²) in [6.45, 7) is 13.8. The van der Waals surface area contributed by atoms with Gasteiger partial charge >= 0.3 is 0 Å². The lowest BCUT2D eigenvalue weighted by molar-refractivity contribution is -0.103. The third kappa shape index (κ3) is 2.21. The molecule has 2 aliphatic rings. The van der Waals surface area contributed by atoms with E-state index < -0.39 is 0 Å². The number of fused-ring (bicyclic) bond motifs is 2. The zero-order chi connectivity index (χ0) is 11.0. The largest absolute Gasteiger partial charge is 0.381 e. The topological polar surface area (TPSA) is 12.5 Å². The van der Waals surface area contributed by atoms with Crippen LogP contribution < -0.4 is 0 Å². The van der Waals surface area contributed by atoms with Crippen molar-refractivity contribution in [2.24, 2.45) is 23.7 Å². The number of ether oxygens (including phenoxy) is 1. The maximum absolute atomic E-state index is 5.72. The maximum Gasteiger partial charge on any atom is 0.0509 e. The van der Waals surface area contributed by atoms with Crippen LogP contribution >= 0.6 is 0 Å². The number of piperidine rings is 1. The molecule has 0 aromatic carbocycles. The lowest BCUT2D eigenvalue weighted by Crippen LogP contribution is -2.55. The van der Waals surface area contributed by atoms with Crippen molar-refractivity contribution in [2.75, 3.05) is 26.3 Å². The van der Waals surface area contributed by atoms with Gasteiger partial charge in [-0.2, -0.15) is 0 Å². The van der Waals surface area contributed by atoms with E-state index in [0.29, 0.717) is 6.04 Å². The van der Waals surface area contributed by atoms with E-state index in [0.717, 1.165) is 36.9 Å². The summed E-state index contributed by atoms with van der Waals surface area (Å²) in [6.07, 6.45) is 0. The SMILES string of the molecule is CC(C)C1C2COCC1CN(C(C)C)C2. The van der Waals surface area contributed by atoms with Crippen molar-refractivity contribution in [3.8, 4) is 0 Å². The van der Waals surface area contributed by atoms with E-state index >= 15 is 0 Å². The van der Waals surface area contributed by atoms with E-state index in [-0.39, 0.29) is 0 Å². The molecule has 0 spiro atoms. The summed E-state index contributed by atoms with van der Waals surface area (Å²) < 4.78 is 5.72. The molecule has 15 heavy (non-hydrogen) atoms. The molecule has 2 fully saturated rings. The minimum Gasteiger partial charge on any atom is -0.381 e. The lowest BCUT2D eigenvalue weighted by atomic mass is 9.70. The first-order valence-electron chi connectivity index (χ1n) is 6.41. The van der Waals surface area contributed by atoms with Crippen LogP contribution in [0.25, 0.3) is 0 Å². The van der Waals surface area contributed by atoms with Crippen LogP contribution in [-0.2, 0) is 4.74 Å². The van der Waals surface area contributed by atoms with Crippen LogP contribution in [0.2, 0.25) is 0 Å². The quantitative estimate of drug-likeness (QED) is 0.694. The van der Waals surface area contributed by atoms with Gasteiger partial charge in [-0.3, -0.25) is 0 Å². The van der Waals surface area contributed by atoms with Gasteiger partial charge in [0.15, 0.2) is 0 Å². The van der Waals surface area contributed by atoms with E-state index in [1.165, 1.54) is 13.1 Å². The van der Waals surface area contributed by atoms with Gasteiger partial charge in [0.05, 0.1) is 13.2 Å². The predicted molar refractivity (Wildman–Crippen MR) is 62.8 cm³/mol. The average molecular weight is 211 g/mol. The smallest absolute Gasteiger partial charge is 0.0509 e. The molecular weight excluding hydrogens is 186 g/mol. The van der Waals surface area contributed by atoms with Crippen molar-refractivity contribution in [1.29, 1.82) is 0 Å². The number of hydrogen-bond acceptors (Lipinski definition) is 2. The summed E-state index contributed by atoms with van der Waals surface area (Å²) in [5.41, 5.74) is 0. The fourth-order valence-electron chi connectivity index (χ4n) is 3.51. The molecule has 0 aromatic heterocycles. The van der Waals surface area contributed by atoms with Gasteiger partial charge < -0.3 is 9.64 Å². The molecule has 2 bridgehead atoms. The van der Waals surface area contributed by atoms with Gasteiger partial charge in [-0.1, -0.05) is 13.8 Å². The molecule has 0 N–H and O–H groups in total. The zero-order valence-corrected chi connectivity index (χ0v) is 10.6. The number of likely N-dealkylation sites (tertiary alicyclic amines) is 1. The molecule has 2 unspecified atom stereocenters. The Bertz CT molecular complexity index is 201. The monoisotopic (exact) mass is 211 g/mol. The van der Waals surface area contributed by atoms with Gasteiger partial charge in [0.1, 0.15) is 0 Å². The molecule has 2 atom stereocenters. The number of nitrogens with zero attached hydrogens (tertiary/aromatic N) is 1. The fourth-order valence-corrected chi connectivity index (χ4v) is 3.51. The van der Waals surface area contributed by atoms with Gasteiger partial charge in [-0.25, -0.2) is 0 Å². The Morgan fingerprint density at radius 3 is 1.93 bits per heavy atom. The second kappa shape index (κ2) is 4.42. The Hall–Kier alpha value is -0.0800. The van der Waals surface area contributed by atoms with E-state index in [4.69, 9.17) is 4.74 Å². The summed E-state index contributed by atoms with van der Waals surface area (Å²) in [6, 6.07) is 0.696. The molecule has 2 nitrogen and oxygen atoms in total. The summed E-state index contributed by atoms with van der Waals surface area (Å²) in [5, 5.41) is 0. The molecule has 0 aromatic rings. The highest BCUT2D eigenvalue weighted by Gasteiger charge is 2.41. The Morgan fingerprint density at radius 2 is 1.53 bits per heavy atom. The third-order valence-electron chi connectivity index (χ3n) is 4.19. The molecule has 0 radical (unpaired) electrons. The second-order valence-corrected chi connectivity index (χ2v) is 5.93. The van der Waals surface area contributed by atoms with E-state index in [2.05, 4.69) is 32.6 Å². The van der Waals surface area contributed by atoms with Crippen LogP contribution in [0, 0.1) is 23.7 Å². The highest BCUT2D eigenvalue weighted by Crippen LogP contribution is 2.38. The Morgan fingerprint density at radius 1 is 1.00 bits per heavy atom. The number of hydrogen-bond donors (Lipinski definition) is 0. The molecule has 0 aliphatic carbocycles. The molecule has 88 valence electrons. The molecule has 0 amide bonds. The van der Waals surface area contributed by atoms with Crippen molar-refractivity contribution in [3.05, 3.63) is 0 Å². The first-order valence-corrected chi connectivity index (χ1v) is 6.41. The van der Waals surface area contributed by atoms with Crippen molar-refractivity contribution >= 4 is 0 Å². The first kappa shape index (κ1) is 11.4. The van der Waals surface area contributed by atoms with Gasteiger partial charge in [0.25, 0.3) is 0 Å². The van der Waals surface area contributed by atoms with Crippen LogP contribution in [0.3, 0.4) is 0 Å². The maximum atomic E-state index is 5.72. The molecule has 2 heteroatoms. The third-order valence-corrected chi connectivity index (χ3v) is 4.19. The minimum atomic E-state index is 0.696. The minimum absolute atomic E-state index is 0.696. The average Bonchev–Trinajstić information content (AvgIpc) is 2.15. The van der Waals surface area contributed by atoms with Crippen LogP contribution in [0.5, 0.6) is 0 Å². The highest BCUT2D eigenvalue weighted by molar-refractivity contribution is 4.91. The molecule has 2 rings (SSSR count). The van der Waals surface area contributed by atoms with E-state index in [1.807, 2.05) is 0 Å². The molecule has 2 aliphatic heterocycles. The van der Waals surface area contributed by atoms with Gasteiger partial charge in [-0.05, 0) is 37.5 Å². The summed E-state index contributed by atoms with van der Waals surface area (Å²) in [4.78, 5) is 2.64. The van der Waals surface area contributed by atoms with Crippen molar-refractivity contribution in [2.45, 2.75) is 33.7 Å². The molecule has 0 saturated carbocycles. The molecule has 2 heterocycles. The summed E-state index contributed by atoms with van der Waals surface area (Å²) in [5.74, 6) is 3.27. The van der Waals surface area contributed by atoms with Gasteiger partial charge in [0, 0.05) is 19.1 Å². The Kier molecular flexibility index (Phi) is 3.36. The van der Waals surface area contributed by atoms with Crippen LogP contribution in [-0.4, -0.2) is 37.2 Å². The number of rotatable bonds is 2.